The molecule has 1 spiro atoms. The number of rotatable bonds is 5. The van der Waals surface area contributed by atoms with Gasteiger partial charge in [0.25, 0.3) is 11.7 Å². The number of carbonyl (C=O) groups excluding carboxylic acids is 2. The molecule has 1 fully saturated rings. The zero-order chi connectivity index (χ0) is 19.7. The van der Waals surface area contributed by atoms with E-state index in [-0.39, 0.29) is 17.6 Å². The Hall–Kier alpha value is -2.96. The molecule has 0 bridgehead atoms. The fraction of sp³-hybridized carbons (Fsp3) is 0.429. The molecule has 1 aromatic heterocycles. The minimum atomic E-state index is -0.704. The molecule has 7 nitrogen and oxygen atoms in total. The van der Waals surface area contributed by atoms with Gasteiger partial charge >= 0.3 is 0 Å². The lowest BCUT2D eigenvalue weighted by Crippen LogP contribution is -2.47. The number of nitrogens with one attached hydrogen (secondary N) is 2. The minimum Gasteiger partial charge on any atom is -0.459 e. The molecule has 0 radical (unpaired) electrons. The topological polar surface area (TPSA) is 89.8 Å². The third-order valence-electron chi connectivity index (χ3n) is 5.15. The second-order valence-corrected chi connectivity index (χ2v) is 7.65. The van der Waals surface area contributed by atoms with Crippen molar-refractivity contribution in [3.8, 4) is 11.5 Å². The van der Waals surface area contributed by atoms with E-state index in [0.717, 1.165) is 25.7 Å². The van der Waals surface area contributed by atoms with E-state index in [1.54, 1.807) is 24.3 Å². The van der Waals surface area contributed by atoms with E-state index < -0.39 is 17.7 Å². The van der Waals surface area contributed by atoms with Gasteiger partial charge < -0.3 is 24.5 Å². The molecule has 4 rings (SSSR count). The summed E-state index contributed by atoms with van der Waals surface area (Å²) in [5.74, 6) is 0.143. The smallest absolute Gasteiger partial charge is 0.287 e. The van der Waals surface area contributed by atoms with Crippen molar-refractivity contribution < 1.29 is 23.5 Å². The van der Waals surface area contributed by atoms with Crippen LogP contribution < -0.4 is 20.1 Å². The number of fused-ring (bicyclic) bond motifs is 1. The zero-order valence-corrected chi connectivity index (χ0v) is 16.0. The van der Waals surface area contributed by atoms with Crippen molar-refractivity contribution in [3.63, 3.8) is 0 Å². The van der Waals surface area contributed by atoms with Gasteiger partial charge in [0.05, 0.1) is 6.26 Å². The van der Waals surface area contributed by atoms with Crippen molar-refractivity contribution in [1.82, 2.24) is 5.32 Å². The number of hydrogen-bond acceptors (Lipinski definition) is 5. The van der Waals surface area contributed by atoms with Crippen molar-refractivity contribution in [2.24, 2.45) is 5.92 Å². The van der Waals surface area contributed by atoms with Crippen LogP contribution in [0.3, 0.4) is 0 Å². The van der Waals surface area contributed by atoms with Gasteiger partial charge in [0.2, 0.25) is 5.91 Å². The van der Waals surface area contributed by atoms with Gasteiger partial charge in [0, 0.05) is 24.6 Å². The SMILES string of the molecule is CC(C)C(NC(=O)c1ccco1)C(=O)Nc1ccc2c(c1)OC1(CCCC1)O2. The number of anilines is 1. The van der Waals surface area contributed by atoms with Crippen molar-refractivity contribution in [1.29, 1.82) is 0 Å². The number of ether oxygens (including phenoxy) is 2. The fourth-order valence-electron chi connectivity index (χ4n) is 3.66. The van der Waals surface area contributed by atoms with Gasteiger partial charge in [0.15, 0.2) is 17.3 Å². The highest BCUT2D eigenvalue weighted by molar-refractivity contribution is 6.00. The highest BCUT2D eigenvalue weighted by Gasteiger charge is 2.44. The van der Waals surface area contributed by atoms with Crippen LogP contribution in [0, 0.1) is 5.92 Å². The first-order valence-electron chi connectivity index (χ1n) is 9.63. The summed E-state index contributed by atoms with van der Waals surface area (Å²) in [6.07, 6.45) is 5.34. The van der Waals surface area contributed by atoms with Crippen LogP contribution in [0.2, 0.25) is 0 Å². The summed E-state index contributed by atoms with van der Waals surface area (Å²) in [7, 11) is 0. The Balaban J connectivity index is 1.44. The fourth-order valence-corrected chi connectivity index (χ4v) is 3.66. The lowest BCUT2D eigenvalue weighted by Gasteiger charge is -2.21. The van der Waals surface area contributed by atoms with Gasteiger partial charge in [-0.15, -0.1) is 0 Å². The summed E-state index contributed by atoms with van der Waals surface area (Å²) in [5.41, 5.74) is 0.597. The van der Waals surface area contributed by atoms with Crippen LogP contribution in [-0.4, -0.2) is 23.6 Å². The average molecular weight is 384 g/mol. The summed E-state index contributed by atoms with van der Waals surface area (Å²) in [4.78, 5) is 25.0. The van der Waals surface area contributed by atoms with Crippen LogP contribution in [0.5, 0.6) is 11.5 Å². The number of carbonyl (C=O) groups is 2. The first-order valence-corrected chi connectivity index (χ1v) is 9.63. The number of hydrogen-bond donors (Lipinski definition) is 2. The Morgan fingerprint density at radius 2 is 1.82 bits per heavy atom. The highest BCUT2D eigenvalue weighted by atomic mass is 16.7. The highest BCUT2D eigenvalue weighted by Crippen LogP contribution is 2.47. The van der Waals surface area contributed by atoms with E-state index in [4.69, 9.17) is 13.9 Å². The summed E-state index contributed by atoms with van der Waals surface area (Å²) in [5, 5.41) is 5.59. The van der Waals surface area contributed by atoms with Crippen molar-refractivity contribution in [3.05, 3.63) is 42.4 Å². The molecule has 2 aliphatic rings. The van der Waals surface area contributed by atoms with Gasteiger partial charge in [-0.3, -0.25) is 9.59 Å². The molecule has 148 valence electrons. The molecule has 0 saturated heterocycles. The number of benzene rings is 1. The van der Waals surface area contributed by atoms with Crippen LogP contribution in [0.25, 0.3) is 0 Å². The standard InChI is InChI=1S/C21H24N2O5/c1-13(2)18(23-19(24)16-6-5-11-26-16)20(25)22-14-7-8-15-17(12-14)28-21(27-15)9-3-4-10-21/h5-8,11-13,18H,3-4,9-10H2,1-2H3,(H,22,25)(H,23,24). The first kappa shape index (κ1) is 18.4. The number of amides is 2. The molecule has 1 saturated carbocycles. The molecule has 1 atom stereocenters. The Morgan fingerprint density at radius 3 is 2.50 bits per heavy atom. The van der Waals surface area contributed by atoms with Gasteiger partial charge in [-0.2, -0.15) is 0 Å². The molecule has 1 aliphatic heterocycles. The van der Waals surface area contributed by atoms with Gasteiger partial charge in [-0.25, -0.2) is 0 Å². The third kappa shape index (κ3) is 3.56. The summed E-state index contributed by atoms with van der Waals surface area (Å²) in [6, 6.07) is 7.84. The lowest BCUT2D eigenvalue weighted by atomic mass is 10.0. The van der Waals surface area contributed by atoms with Crippen LogP contribution in [0.15, 0.2) is 41.0 Å². The number of furan rings is 1. The Morgan fingerprint density at radius 1 is 1.07 bits per heavy atom. The average Bonchev–Trinajstić information content (AvgIpc) is 3.40. The van der Waals surface area contributed by atoms with Crippen LogP contribution in [0.4, 0.5) is 5.69 Å². The molecular formula is C21H24N2O5. The maximum atomic E-state index is 12.8. The Bertz CT molecular complexity index is 869. The van der Waals surface area contributed by atoms with Gasteiger partial charge in [-0.1, -0.05) is 13.8 Å². The normalized spacial score (nSPS) is 17.7. The summed E-state index contributed by atoms with van der Waals surface area (Å²) < 4.78 is 17.1. The van der Waals surface area contributed by atoms with Crippen molar-refractivity contribution in [2.45, 2.75) is 51.4 Å². The molecule has 7 heteroatoms. The molecular weight excluding hydrogens is 360 g/mol. The Kier molecular flexibility index (Phi) is 4.75. The lowest BCUT2D eigenvalue weighted by molar-refractivity contribution is -0.118. The van der Waals surface area contributed by atoms with Crippen molar-refractivity contribution >= 4 is 17.5 Å². The Labute approximate surface area is 163 Å². The molecule has 28 heavy (non-hydrogen) atoms. The predicted molar refractivity (Wildman–Crippen MR) is 102 cm³/mol. The third-order valence-corrected chi connectivity index (χ3v) is 5.15. The largest absolute Gasteiger partial charge is 0.459 e. The van der Waals surface area contributed by atoms with Gasteiger partial charge in [-0.05, 0) is 43.0 Å². The van der Waals surface area contributed by atoms with E-state index in [1.807, 2.05) is 19.9 Å². The molecule has 2 N–H and O–H groups in total. The maximum absolute atomic E-state index is 12.8. The van der Waals surface area contributed by atoms with E-state index >= 15 is 0 Å². The van der Waals surface area contributed by atoms with Crippen molar-refractivity contribution in [2.75, 3.05) is 5.32 Å². The first-order chi connectivity index (χ1) is 13.5. The molecule has 2 amide bonds. The molecule has 2 heterocycles. The summed E-state index contributed by atoms with van der Waals surface area (Å²) >= 11 is 0. The molecule has 1 unspecified atom stereocenters. The van der Waals surface area contributed by atoms with E-state index in [2.05, 4.69) is 10.6 Å². The monoisotopic (exact) mass is 384 g/mol. The second kappa shape index (κ2) is 7.22. The quantitative estimate of drug-likeness (QED) is 0.820. The molecule has 1 aromatic carbocycles. The van der Waals surface area contributed by atoms with Crippen LogP contribution in [0.1, 0.15) is 50.1 Å². The zero-order valence-electron chi connectivity index (χ0n) is 16.0. The van der Waals surface area contributed by atoms with E-state index in [0.29, 0.717) is 17.2 Å². The van der Waals surface area contributed by atoms with Gasteiger partial charge in [0.1, 0.15) is 6.04 Å². The van der Waals surface area contributed by atoms with E-state index in [9.17, 15) is 9.59 Å². The molecule has 1 aliphatic carbocycles. The minimum absolute atomic E-state index is 0.102. The van der Waals surface area contributed by atoms with Crippen LogP contribution >= 0.6 is 0 Å². The molecule has 2 aromatic rings. The van der Waals surface area contributed by atoms with Crippen LogP contribution in [-0.2, 0) is 4.79 Å². The van der Waals surface area contributed by atoms with E-state index in [1.165, 1.54) is 6.26 Å². The summed E-state index contributed by atoms with van der Waals surface area (Å²) in [6.45, 7) is 3.74. The second-order valence-electron chi connectivity index (χ2n) is 7.65. The maximum Gasteiger partial charge on any atom is 0.287 e. The predicted octanol–water partition coefficient (Wildman–Crippen LogP) is 3.71.